The molecule has 7 heteroatoms. The van der Waals surface area contributed by atoms with Crippen LogP contribution in [-0.2, 0) is 9.53 Å². The molecule has 0 radical (unpaired) electrons. The van der Waals surface area contributed by atoms with E-state index in [0.29, 0.717) is 11.3 Å². The van der Waals surface area contributed by atoms with Crippen LogP contribution in [0.5, 0.6) is 0 Å². The van der Waals surface area contributed by atoms with Crippen LogP contribution in [0, 0.1) is 6.92 Å². The number of hydrogen-bond acceptors (Lipinski definition) is 5. The maximum atomic E-state index is 13.0. The van der Waals surface area contributed by atoms with Crippen molar-refractivity contribution in [3.63, 3.8) is 0 Å². The average molecular weight is 414 g/mol. The van der Waals surface area contributed by atoms with E-state index >= 15 is 0 Å². The van der Waals surface area contributed by atoms with E-state index in [-0.39, 0.29) is 16.7 Å². The van der Waals surface area contributed by atoms with Gasteiger partial charge in [-0.1, -0.05) is 48.5 Å². The van der Waals surface area contributed by atoms with Crippen molar-refractivity contribution in [3.8, 4) is 0 Å². The Morgan fingerprint density at radius 2 is 1.52 bits per heavy atom. The zero-order chi connectivity index (χ0) is 22.1. The van der Waals surface area contributed by atoms with Gasteiger partial charge in [0.1, 0.15) is 0 Å². The number of fused-ring (bicyclic) bond motifs is 1. The van der Waals surface area contributed by atoms with Crippen molar-refractivity contribution < 1.29 is 23.9 Å². The zero-order valence-corrected chi connectivity index (χ0v) is 16.6. The number of para-hydroxylation sites is 1. The van der Waals surface area contributed by atoms with Gasteiger partial charge in [-0.25, -0.2) is 9.69 Å². The maximum Gasteiger partial charge on any atom is 0.339 e. The topological polar surface area (TPSA) is 107 Å². The van der Waals surface area contributed by atoms with Crippen LogP contribution in [0.25, 0.3) is 0 Å². The molecule has 1 heterocycles. The van der Waals surface area contributed by atoms with Crippen LogP contribution in [0.1, 0.15) is 48.3 Å². The van der Waals surface area contributed by atoms with E-state index < -0.39 is 29.8 Å². The highest BCUT2D eigenvalue weighted by atomic mass is 16.5. The van der Waals surface area contributed by atoms with Crippen molar-refractivity contribution in [3.05, 3.63) is 101 Å². The number of ether oxygens (including phenoxy) is 1. The largest absolute Gasteiger partial charge is 0.444 e. The fourth-order valence-electron chi connectivity index (χ4n) is 3.49. The predicted octanol–water partition coefficient (Wildman–Crippen LogP) is 3.18. The second kappa shape index (κ2) is 7.87. The van der Waals surface area contributed by atoms with Crippen LogP contribution >= 0.6 is 0 Å². The van der Waals surface area contributed by atoms with E-state index in [1.807, 2.05) is 6.07 Å². The summed E-state index contributed by atoms with van der Waals surface area (Å²) in [5.74, 6) is -2.64. The van der Waals surface area contributed by atoms with Crippen molar-refractivity contribution in [1.82, 2.24) is 0 Å². The molecule has 3 aromatic rings. The molecule has 1 aliphatic heterocycles. The highest BCUT2D eigenvalue weighted by Crippen LogP contribution is 2.31. The second-order valence-electron chi connectivity index (χ2n) is 7.09. The highest BCUT2D eigenvalue weighted by molar-refractivity contribution is 6.34. The Balaban J connectivity index is 1.63. The van der Waals surface area contributed by atoms with Crippen LogP contribution < -0.4 is 10.6 Å². The lowest BCUT2D eigenvalue weighted by Gasteiger charge is -2.16. The standard InChI is InChI=1S/C24H18N2O5/c1-14-7-5-6-10-19(14)26-22(28)17-12-11-16(13-18(17)23(26)29)24(30)31-20(21(25)27)15-8-3-2-4-9-15/h2-13,20H,1H3,(H2,25,27). The number of carbonyl (C=O) groups is 4. The lowest BCUT2D eigenvalue weighted by molar-refractivity contribution is -0.127. The first kappa shape index (κ1) is 20.0. The Hall–Kier alpha value is -4.26. The van der Waals surface area contributed by atoms with Crippen molar-refractivity contribution >= 4 is 29.4 Å². The Bertz CT molecular complexity index is 1220. The summed E-state index contributed by atoms with van der Waals surface area (Å²) in [4.78, 5) is 51.4. The zero-order valence-electron chi connectivity index (χ0n) is 16.6. The molecule has 3 amide bonds. The van der Waals surface area contributed by atoms with Crippen LogP contribution in [0.2, 0.25) is 0 Å². The summed E-state index contributed by atoms with van der Waals surface area (Å²) in [6, 6.07) is 19.5. The Kier molecular flexibility index (Phi) is 5.09. The predicted molar refractivity (Wildman–Crippen MR) is 113 cm³/mol. The summed E-state index contributed by atoms with van der Waals surface area (Å²) < 4.78 is 5.31. The molecule has 0 aromatic heterocycles. The molecule has 0 bridgehead atoms. The van der Waals surface area contributed by atoms with E-state index in [1.165, 1.54) is 18.2 Å². The monoisotopic (exact) mass is 414 g/mol. The second-order valence-corrected chi connectivity index (χ2v) is 7.09. The maximum absolute atomic E-state index is 13.0. The minimum Gasteiger partial charge on any atom is -0.444 e. The number of anilines is 1. The number of hydrogen-bond donors (Lipinski definition) is 1. The number of nitrogens with zero attached hydrogens (tertiary/aromatic N) is 1. The van der Waals surface area contributed by atoms with Gasteiger partial charge in [-0.15, -0.1) is 0 Å². The third kappa shape index (κ3) is 3.57. The highest BCUT2D eigenvalue weighted by Gasteiger charge is 2.38. The number of carbonyl (C=O) groups excluding carboxylic acids is 4. The summed E-state index contributed by atoms with van der Waals surface area (Å²) >= 11 is 0. The smallest absolute Gasteiger partial charge is 0.339 e. The number of benzene rings is 3. The molecule has 7 nitrogen and oxygen atoms in total. The summed E-state index contributed by atoms with van der Waals surface area (Å²) in [6.07, 6.45) is -1.28. The molecular formula is C24H18N2O5. The Morgan fingerprint density at radius 3 is 2.19 bits per heavy atom. The fraction of sp³-hybridized carbons (Fsp3) is 0.0833. The Morgan fingerprint density at radius 1 is 0.871 bits per heavy atom. The first-order valence-corrected chi connectivity index (χ1v) is 9.52. The summed E-state index contributed by atoms with van der Waals surface area (Å²) in [6.45, 7) is 1.80. The van der Waals surface area contributed by atoms with Gasteiger partial charge >= 0.3 is 5.97 Å². The third-order valence-corrected chi connectivity index (χ3v) is 5.06. The molecule has 1 unspecified atom stereocenters. The van der Waals surface area contributed by atoms with Gasteiger partial charge in [-0.3, -0.25) is 14.4 Å². The number of esters is 1. The van der Waals surface area contributed by atoms with E-state index in [4.69, 9.17) is 10.5 Å². The summed E-state index contributed by atoms with van der Waals surface area (Å²) in [7, 11) is 0. The molecule has 31 heavy (non-hydrogen) atoms. The van der Waals surface area contributed by atoms with Crippen LogP contribution in [0.3, 0.4) is 0 Å². The number of imide groups is 1. The number of primary amides is 1. The Labute approximate surface area is 178 Å². The third-order valence-electron chi connectivity index (χ3n) is 5.06. The quantitative estimate of drug-likeness (QED) is 0.510. The molecule has 154 valence electrons. The van der Waals surface area contributed by atoms with Gasteiger partial charge in [0.15, 0.2) is 0 Å². The molecule has 2 N–H and O–H groups in total. The number of nitrogens with two attached hydrogens (primary N) is 1. The lowest BCUT2D eigenvalue weighted by atomic mass is 10.1. The molecule has 0 saturated carbocycles. The molecule has 3 aromatic carbocycles. The molecule has 1 aliphatic rings. The molecule has 0 fully saturated rings. The summed E-state index contributed by atoms with van der Waals surface area (Å²) in [5.41, 5.74) is 7.41. The van der Waals surface area contributed by atoms with Gasteiger partial charge in [0.05, 0.1) is 22.4 Å². The molecule has 0 spiro atoms. The number of aryl methyl sites for hydroxylation is 1. The molecule has 0 saturated heterocycles. The number of amides is 3. The van der Waals surface area contributed by atoms with Crippen LogP contribution in [0.15, 0.2) is 72.8 Å². The van der Waals surface area contributed by atoms with Crippen LogP contribution in [0.4, 0.5) is 5.69 Å². The minimum absolute atomic E-state index is 0.0358. The first-order valence-electron chi connectivity index (χ1n) is 9.52. The van der Waals surface area contributed by atoms with E-state index in [1.54, 1.807) is 55.5 Å². The SMILES string of the molecule is Cc1ccccc1N1C(=O)c2ccc(C(=O)OC(C(N)=O)c3ccccc3)cc2C1=O. The fourth-order valence-corrected chi connectivity index (χ4v) is 3.49. The number of rotatable bonds is 5. The van der Waals surface area contributed by atoms with Gasteiger partial charge in [0.2, 0.25) is 6.10 Å². The van der Waals surface area contributed by atoms with Gasteiger partial charge in [-0.05, 0) is 36.8 Å². The molecule has 1 atom stereocenters. The van der Waals surface area contributed by atoms with Crippen molar-refractivity contribution in [2.45, 2.75) is 13.0 Å². The van der Waals surface area contributed by atoms with Gasteiger partial charge in [-0.2, -0.15) is 0 Å². The van der Waals surface area contributed by atoms with Crippen molar-refractivity contribution in [2.75, 3.05) is 4.90 Å². The van der Waals surface area contributed by atoms with Crippen molar-refractivity contribution in [1.29, 1.82) is 0 Å². The molecule has 0 aliphatic carbocycles. The van der Waals surface area contributed by atoms with Gasteiger partial charge in [0, 0.05) is 5.56 Å². The van der Waals surface area contributed by atoms with Gasteiger partial charge < -0.3 is 10.5 Å². The normalized spacial score (nSPS) is 13.6. The lowest BCUT2D eigenvalue weighted by Crippen LogP contribution is -2.30. The van der Waals surface area contributed by atoms with E-state index in [0.717, 1.165) is 10.5 Å². The molecular weight excluding hydrogens is 396 g/mol. The first-order chi connectivity index (χ1) is 14.9. The summed E-state index contributed by atoms with van der Waals surface area (Å²) in [5, 5.41) is 0. The molecule has 4 rings (SSSR count). The van der Waals surface area contributed by atoms with Gasteiger partial charge in [0.25, 0.3) is 17.7 Å². The minimum atomic E-state index is -1.28. The average Bonchev–Trinajstić information content (AvgIpc) is 3.02. The van der Waals surface area contributed by atoms with E-state index in [9.17, 15) is 19.2 Å². The van der Waals surface area contributed by atoms with Crippen molar-refractivity contribution in [2.24, 2.45) is 5.73 Å². The van der Waals surface area contributed by atoms with Crippen LogP contribution in [-0.4, -0.2) is 23.7 Å². The van der Waals surface area contributed by atoms with E-state index in [2.05, 4.69) is 0 Å².